The molecule has 20 heavy (non-hydrogen) atoms. The van der Waals surface area contributed by atoms with E-state index in [0.29, 0.717) is 10.7 Å². The Morgan fingerprint density at radius 2 is 2.10 bits per heavy atom. The Labute approximate surface area is 122 Å². The zero-order valence-electron chi connectivity index (χ0n) is 11.1. The van der Waals surface area contributed by atoms with E-state index in [4.69, 9.17) is 11.6 Å². The van der Waals surface area contributed by atoms with E-state index in [0.717, 1.165) is 12.8 Å². The fourth-order valence-electron chi connectivity index (χ4n) is 1.94. The number of amides is 2. The van der Waals surface area contributed by atoms with E-state index < -0.39 is 17.4 Å². The molecule has 1 fully saturated rings. The second-order valence-electron chi connectivity index (χ2n) is 5.28. The van der Waals surface area contributed by atoms with Crippen molar-refractivity contribution >= 4 is 29.1 Å². The van der Waals surface area contributed by atoms with Gasteiger partial charge in [-0.1, -0.05) is 17.7 Å². The smallest absolute Gasteiger partial charge is 0.313 e. The molecule has 1 atom stereocenters. The maximum atomic E-state index is 11.7. The van der Waals surface area contributed by atoms with Crippen LogP contribution in [0.4, 0.5) is 5.69 Å². The first kappa shape index (κ1) is 14.8. The van der Waals surface area contributed by atoms with Crippen LogP contribution in [-0.2, 0) is 9.59 Å². The van der Waals surface area contributed by atoms with Crippen LogP contribution in [-0.4, -0.2) is 29.1 Å². The molecular formula is C14H17ClN2O3. The van der Waals surface area contributed by atoms with Crippen LogP contribution in [0.1, 0.15) is 19.8 Å². The predicted molar refractivity (Wildman–Crippen MR) is 76.4 cm³/mol. The van der Waals surface area contributed by atoms with E-state index in [2.05, 4.69) is 10.6 Å². The van der Waals surface area contributed by atoms with Crippen molar-refractivity contribution in [3.8, 4) is 0 Å². The molecule has 1 aliphatic rings. The average molecular weight is 297 g/mol. The summed E-state index contributed by atoms with van der Waals surface area (Å²) in [6, 6.07) is 6.53. The van der Waals surface area contributed by atoms with Crippen LogP contribution in [0.15, 0.2) is 24.3 Å². The van der Waals surface area contributed by atoms with Crippen LogP contribution >= 0.6 is 11.6 Å². The predicted octanol–water partition coefficient (Wildman–Crippen LogP) is 1.56. The Hall–Kier alpha value is -1.59. The van der Waals surface area contributed by atoms with Crippen molar-refractivity contribution in [2.24, 2.45) is 5.92 Å². The molecule has 0 heterocycles. The molecule has 0 aromatic heterocycles. The highest BCUT2D eigenvalue weighted by molar-refractivity contribution is 6.39. The molecule has 2 rings (SSSR count). The number of nitrogens with one attached hydrogen (secondary N) is 2. The third-order valence-electron chi connectivity index (χ3n) is 3.35. The number of aliphatic hydroxyl groups is 1. The van der Waals surface area contributed by atoms with Crippen molar-refractivity contribution in [1.82, 2.24) is 5.32 Å². The van der Waals surface area contributed by atoms with Crippen LogP contribution < -0.4 is 10.6 Å². The Morgan fingerprint density at radius 1 is 1.40 bits per heavy atom. The number of carbonyl (C=O) groups is 2. The molecule has 3 N–H and O–H groups in total. The summed E-state index contributed by atoms with van der Waals surface area (Å²) in [7, 11) is 0. The Bertz CT molecular complexity index is 527. The van der Waals surface area contributed by atoms with Crippen molar-refractivity contribution in [2.45, 2.75) is 25.4 Å². The summed E-state index contributed by atoms with van der Waals surface area (Å²) in [5.74, 6) is -1.34. The zero-order valence-corrected chi connectivity index (χ0v) is 11.9. The van der Waals surface area contributed by atoms with E-state index in [1.165, 1.54) is 0 Å². The first-order valence-corrected chi connectivity index (χ1v) is 6.83. The lowest BCUT2D eigenvalue weighted by molar-refractivity contribution is -0.136. The molecule has 0 aliphatic heterocycles. The lowest BCUT2D eigenvalue weighted by Crippen LogP contribution is -2.45. The molecule has 0 spiro atoms. The normalized spacial score (nSPS) is 17.1. The number of rotatable bonds is 4. The van der Waals surface area contributed by atoms with Crippen molar-refractivity contribution in [2.75, 3.05) is 11.9 Å². The van der Waals surface area contributed by atoms with Gasteiger partial charge in [0.1, 0.15) is 0 Å². The molecule has 0 bridgehead atoms. The van der Waals surface area contributed by atoms with Gasteiger partial charge in [0.15, 0.2) is 0 Å². The van der Waals surface area contributed by atoms with Crippen LogP contribution in [0, 0.1) is 5.92 Å². The Kier molecular flexibility index (Phi) is 4.30. The van der Waals surface area contributed by atoms with Gasteiger partial charge in [0.2, 0.25) is 0 Å². The number of halogens is 1. The third kappa shape index (κ3) is 3.95. The summed E-state index contributed by atoms with van der Waals surface area (Å²) in [4.78, 5) is 23.3. The van der Waals surface area contributed by atoms with Gasteiger partial charge in [0.05, 0.1) is 5.60 Å². The van der Waals surface area contributed by atoms with E-state index in [9.17, 15) is 14.7 Å². The van der Waals surface area contributed by atoms with Gasteiger partial charge in [-0.25, -0.2) is 0 Å². The average Bonchev–Trinajstić information content (AvgIpc) is 3.20. The Balaban J connectivity index is 1.84. The summed E-state index contributed by atoms with van der Waals surface area (Å²) in [6.45, 7) is 1.74. The van der Waals surface area contributed by atoms with Gasteiger partial charge in [0, 0.05) is 17.3 Å². The van der Waals surface area contributed by atoms with Crippen LogP contribution in [0.5, 0.6) is 0 Å². The molecule has 2 amide bonds. The number of anilines is 1. The minimum absolute atomic E-state index is 0.0689. The molecule has 0 saturated heterocycles. The number of hydrogen-bond donors (Lipinski definition) is 3. The van der Waals surface area contributed by atoms with E-state index >= 15 is 0 Å². The third-order valence-corrected chi connectivity index (χ3v) is 3.59. The molecule has 108 valence electrons. The first-order valence-electron chi connectivity index (χ1n) is 6.45. The van der Waals surface area contributed by atoms with Crippen molar-refractivity contribution in [1.29, 1.82) is 0 Å². The maximum absolute atomic E-state index is 11.7. The van der Waals surface area contributed by atoms with Crippen molar-refractivity contribution in [3.63, 3.8) is 0 Å². The Morgan fingerprint density at radius 3 is 2.70 bits per heavy atom. The SMILES string of the molecule is CC(O)(CNC(=O)C(=O)Nc1cccc(Cl)c1)C1CC1. The van der Waals surface area contributed by atoms with Gasteiger partial charge in [-0.15, -0.1) is 0 Å². The standard InChI is InChI=1S/C14H17ClN2O3/c1-14(20,9-5-6-9)8-16-12(18)13(19)17-11-4-2-3-10(15)7-11/h2-4,7,9,20H,5-6,8H2,1H3,(H,16,18)(H,17,19). The van der Waals surface area contributed by atoms with Crippen LogP contribution in [0.3, 0.4) is 0 Å². The van der Waals surface area contributed by atoms with Crippen LogP contribution in [0.25, 0.3) is 0 Å². The molecule has 1 aromatic carbocycles. The highest BCUT2D eigenvalue weighted by Crippen LogP contribution is 2.38. The molecule has 1 aliphatic carbocycles. The highest BCUT2D eigenvalue weighted by atomic mass is 35.5. The van der Waals surface area contributed by atoms with Crippen LogP contribution in [0.2, 0.25) is 5.02 Å². The molecule has 6 heteroatoms. The van der Waals surface area contributed by atoms with Crippen molar-refractivity contribution < 1.29 is 14.7 Å². The molecule has 1 unspecified atom stereocenters. The van der Waals surface area contributed by atoms with Gasteiger partial charge < -0.3 is 15.7 Å². The lowest BCUT2D eigenvalue weighted by atomic mass is 10.0. The second-order valence-corrected chi connectivity index (χ2v) is 5.72. The molecule has 1 saturated carbocycles. The largest absolute Gasteiger partial charge is 0.388 e. The van der Waals surface area contributed by atoms with Gasteiger partial charge in [-0.05, 0) is 43.9 Å². The fourth-order valence-corrected chi connectivity index (χ4v) is 2.13. The van der Waals surface area contributed by atoms with E-state index in [1.807, 2.05) is 0 Å². The summed E-state index contributed by atoms with van der Waals surface area (Å²) < 4.78 is 0. The lowest BCUT2D eigenvalue weighted by Gasteiger charge is -2.22. The minimum atomic E-state index is -0.952. The zero-order chi connectivity index (χ0) is 14.8. The number of carbonyl (C=O) groups excluding carboxylic acids is 2. The topological polar surface area (TPSA) is 78.4 Å². The quantitative estimate of drug-likeness (QED) is 0.738. The fraction of sp³-hybridized carbons (Fsp3) is 0.429. The van der Waals surface area contributed by atoms with Gasteiger partial charge in [-0.2, -0.15) is 0 Å². The monoisotopic (exact) mass is 296 g/mol. The summed E-state index contributed by atoms with van der Waals surface area (Å²) in [5.41, 5.74) is -0.502. The molecule has 5 nitrogen and oxygen atoms in total. The van der Waals surface area contributed by atoms with Gasteiger partial charge in [-0.3, -0.25) is 9.59 Å². The van der Waals surface area contributed by atoms with Gasteiger partial charge in [0.25, 0.3) is 0 Å². The first-order chi connectivity index (χ1) is 9.38. The van der Waals surface area contributed by atoms with E-state index in [1.54, 1.807) is 31.2 Å². The second kappa shape index (κ2) is 5.81. The minimum Gasteiger partial charge on any atom is -0.388 e. The maximum Gasteiger partial charge on any atom is 0.313 e. The summed E-state index contributed by atoms with van der Waals surface area (Å²) in [6.07, 6.45) is 1.91. The van der Waals surface area contributed by atoms with Gasteiger partial charge >= 0.3 is 11.8 Å². The molecule has 0 radical (unpaired) electrons. The van der Waals surface area contributed by atoms with Crippen molar-refractivity contribution in [3.05, 3.63) is 29.3 Å². The molecular weight excluding hydrogens is 280 g/mol. The number of benzene rings is 1. The number of hydrogen-bond acceptors (Lipinski definition) is 3. The summed E-state index contributed by atoms with van der Waals surface area (Å²) >= 11 is 5.79. The summed E-state index contributed by atoms with van der Waals surface area (Å²) in [5, 5.41) is 15.4. The highest BCUT2D eigenvalue weighted by Gasteiger charge is 2.40. The van der Waals surface area contributed by atoms with E-state index in [-0.39, 0.29) is 12.5 Å². The molecule has 1 aromatic rings.